The number of piperidine rings is 1. The number of aromatic nitrogens is 1. The summed E-state index contributed by atoms with van der Waals surface area (Å²) in [5.74, 6) is 1.89. The highest BCUT2D eigenvalue weighted by Gasteiger charge is 2.55. The Balaban J connectivity index is 1.16. The molecule has 3 saturated heterocycles. The third-order valence-corrected chi connectivity index (χ3v) is 9.00. The number of carbonyl (C=O) groups excluding carboxylic acids is 1. The van der Waals surface area contributed by atoms with Gasteiger partial charge in [0.05, 0.1) is 31.5 Å². The number of hydrogen-bond acceptors (Lipinski definition) is 6. The molecule has 182 valence electrons. The van der Waals surface area contributed by atoms with E-state index in [1.165, 1.54) is 0 Å². The molecule has 2 aromatic rings. The highest BCUT2D eigenvalue weighted by molar-refractivity contribution is 6.32. The molecular formula is C26H32ClN3O4. The van der Waals surface area contributed by atoms with Crippen LogP contribution in [-0.4, -0.2) is 72.1 Å². The lowest BCUT2D eigenvalue weighted by atomic mass is 9.85. The molecule has 34 heavy (non-hydrogen) atoms. The number of hydrogen-bond donors (Lipinski definition) is 2. The molecule has 6 rings (SSSR count). The van der Waals surface area contributed by atoms with E-state index < -0.39 is 6.10 Å². The second-order valence-corrected chi connectivity index (χ2v) is 11.1. The van der Waals surface area contributed by atoms with Gasteiger partial charge in [0.1, 0.15) is 5.82 Å². The number of likely N-dealkylation sites (tertiary alicyclic amines) is 1. The standard InChI is InChI=1S/C26H32ClN3O4/c1-26(14-34-13-22(26)31)30-5-2-15(3-6-30)19-8-16-10-23(28-11-17(16)9-21(19)27)29-25(32)24-18-4-7-33-12-20(18)24/h8-11,15,18,20,22,24,31H,2-7,12-14H2,1H3,(H,28,29,32)/t18-,20+,22+,24+,26-/m0/s1. The average molecular weight is 486 g/mol. The molecular weight excluding hydrogens is 454 g/mol. The fourth-order valence-electron chi connectivity index (χ4n) is 6.32. The minimum Gasteiger partial charge on any atom is -0.389 e. The second kappa shape index (κ2) is 8.71. The molecule has 1 amide bonds. The van der Waals surface area contributed by atoms with Crippen molar-refractivity contribution >= 4 is 34.1 Å². The maximum Gasteiger partial charge on any atom is 0.229 e. The molecule has 4 aliphatic rings. The van der Waals surface area contributed by atoms with Crippen LogP contribution in [-0.2, 0) is 14.3 Å². The lowest BCUT2D eigenvalue weighted by molar-refractivity contribution is -0.117. The Hall–Kier alpha value is -1.77. The van der Waals surface area contributed by atoms with Gasteiger partial charge in [0.15, 0.2) is 0 Å². The molecule has 3 aliphatic heterocycles. The van der Waals surface area contributed by atoms with Crippen molar-refractivity contribution in [2.75, 3.05) is 44.8 Å². The molecule has 0 radical (unpaired) electrons. The number of pyridine rings is 1. The van der Waals surface area contributed by atoms with Crippen LogP contribution >= 0.6 is 11.6 Å². The predicted octanol–water partition coefficient (Wildman–Crippen LogP) is 3.44. The second-order valence-electron chi connectivity index (χ2n) is 10.6. The largest absolute Gasteiger partial charge is 0.389 e. The van der Waals surface area contributed by atoms with Crippen LogP contribution in [0, 0.1) is 17.8 Å². The van der Waals surface area contributed by atoms with Crippen molar-refractivity contribution in [1.82, 2.24) is 9.88 Å². The normalized spacial score (nSPS) is 34.2. The van der Waals surface area contributed by atoms with Gasteiger partial charge in [-0.25, -0.2) is 4.98 Å². The first kappa shape index (κ1) is 22.7. The summed E-state index contributed by atoms with van der Waals surface area (Å²) in [5.41, 5.74) is 0.846. The number of amides is 1. The minimum atomic E-state index is -0.443. The first-order valence-corrected chi connectivity index (χ1v) is 12.8. The van der Waals surface area contributed by atoms with Gasteiger partial charge in [0.2, 0.25) is 5.91 Å². The molecule has 0 unspecified atom stereocenters. The maximum absolute atomic E-state index is 12.8. The summed E-state index contributed by atoms with van der Waals surface area (Å²) in [6, 6.07) is 6.10. The average Bonchev–Trinajstić information content (AvgIpc) is 3.48. The van der Waals surface area contributed by atoms with Crippen LogP contribution in [0.4, 0.5) is 5.82 Å². The number of halogens is 1. The van der Waals surface area contributed by atoms with E-state index in [0.29, 0.717) is 43.4 Å². The number of ether oxygens (including phenoxy) is 2. The van der Waals surface area contributed by atoms with Gasteiger partial charge < -0.3 is 19.9 Å². The van der Waals surface area contributed by atoms with Gasteiger partial charge in [-0.15, -0.1) is 0 Å². The highest BCUT2D eigenvalue weighted by atomic mass is 35.5. The third kappa shape index (κ3) is 3.91. The van der Waals surface area contributed by atoms with E-state index in [1.807, 2.05) is 12.1 Å². The van der Waals surface area contributed by atoms with Gasteiger partial charge in [-0.3, -0.25) is 9.69 Å². The summed E-state index contributed by atoms with van der Waals surface area (Å²) in [6.45, 7) is 6.35. The fourth-order valence-corrected chi connectivity index (χ4v) is 6.65. The number of anilines is 1. The molecule has 1 saturated carbocycles. The third-order valence-electron chi connectivity index (χ3n) is 8.67. The number of nitrogens with zero attached hydrogens (tertiary/aromatic N) is 2. The SMILES string of the molecule is C[C@]1(N2CCC(c3cc4cc(NC(=O)[C@H]5[C@@H]6COCC[C@@H]65)ncc4cc3Cl)CC2)COC[C@H]1O. The van der Waals surface area contributed by atoms with E-state index in [9.17, 15) is 9.90 Å². The lowest BCUT2D eigenvalue weighted by Gasteiger charge is -2.43. The van der Waals surface area contributed by atoms with E-state index in [1.54, 1.807) is 6.20 Å². The zero-order valence-electron chi connectivity index (χ0n) is 19.5. The molecule has 7 nitrogen and oxygen atoms in total. The summed E-state index contributed by atoms with van der Waals surface area (Å²) >= 11 is 6.71. The molecule has 1 aromatic carbocycles. The first-order chi connectivity index (χ1) is 16.4. The van der Waals surface area contributed by atoms with Gasteiger partial charge in [0.25, 0.3) is 0 Å². The number of aliphatic hydroxyl groups excluding tert-OH is 1. The summed E-state index contributed by atoms with van der Waals surface area (Å²) in [4.78, 5) is 19.6. The van der Waals surface area contributed by atoms with Gasteiger partial charge in [-0.2, -0.15) is 0 Å². The number of aliphatic hydroxyl groups is 1. The predicted molar refractivity (Wildman–Crippen MR) is 130 cm³/mol. The molecule has 2 N–H and O–H groups in total. The zero-order chi connectivity index (χ0) is 23.4. The number of nitrogens with one attached hydrogen (secondary N) is 1. The molecule has 1 aromatic heterocycles. The molecule has 5 atom stereocenters. The zero-order valence-corrected chi connectivity index (χ0v) is 20.3. The molecule has 0 bridgehead atoms. The summed E-state index contributed by atoms with van der Waals surface area (Å²) < 4.78 is 11.0. The minimum absolute atomic E-state index is 0.0524. The van der Waals surface area contributed by atoms with E-state index >= 15 is 0 Å². The number of rotatable bonds is 4. The summed E-state index contributed by atoms with van der Waals surface area (Å²) in [5, 5.41) is 16.2. The summed E-state index contributed by atoms with van der Waals surface area (Å²) in [7, 11) is 0. The Labute approximate surface area is 204 Å². The van der Waals surface area contributed by atoms with Gasteiger partial charge in [-0.05, 0) is 86.2 Å². The van der Waals surface area contributed by atoms with Crippen molar-refractivity contribution in [1.29, 1.82) is 0 Å². The Morgan fingerprint density at radius 2 is 1.97 bits per heavy atom. The number of carbonyl (C=O) groups is 1. The van der Waals surface area contributed by atoms with Crippen LogP contribution in [0.1, 0.15) is 37.7 Å². The van der Waals surface area contributed by atoms with Crippen molar-refractivity contribution in [3.05, 3.63) is 35.0 Å². The maximum atomic E-state index is 12.8. The van der Waals surface area contributed by atoms with E-state index in [4.69, 9.17) is 21.1 Å². The number of fused-ring (bicyclic) bond motifs is 2. The quantitative estimate of drug-likeness (QED) is 0.690. The Bertz CT molecular complexity index is 1090. The van der Waals surface area contributed by atoms with Crippen LogP contribution < -0.4 is 5.32 Å². The first-order valence-electron chi connectivity index (χ1n) is 12.4. The van der Waals surface area contributed by atoms with Crippen LogP contribution in [0.3, 0.4) is 0 Å². The fraction of sp³-hybridized carbons (Fsp3) is 0.615. The van der Waals surface area contributed by atoms with Gasteiger partial charge in [-0.1, -0.05) is 11.6 Å². The molecule has 8 heteroatoms. The van der Waals surface area contributed by atoms with E-state index in [-0.39, 0.29) is 17.4 Å². The monoisotopic (exact) mass is 485 g/mol. The molecule has 4 heterocycles. The Morgan fingerprint density at radius 1 is 1.15 bits per heavy atom. The van der Waals surface area contributed by atoms with Crippen LogP contribution in [0.2, 0.25) is 5.02 Å². The van der Waals surface area contributed by atoms with E-state index in [2.05, 4.69) is 28.2 Å². The van der Waals surface area contributed by atoms with Gasteiger partial charge in [0, 0.05) is 29.1 Å². The lowest BCUT2D eigenvalue weighted by Crippen LogP contribution is -2.56. The van der Waals surface area contributed by atoms with Crippen LogP contribution in [0.15, 0.2) is 24.4 Å². The Kier molecular flexibility index (Phi) is 5.81. The van der Waals surface area contributed by atoms with Gasteiger partial charge >= 0.3 is 0 Å². The van der Waals surface area contributed by atoms with Crippen molar-refractivity contribution in [2.45, 2.75) is 43.7 Å². The highest BCUT2D eigenvalue weighted by Crippen LogP contribution is 2.51. The van der Waals surface area contributed by atoms with Crippen LogP contribution in [0.25, 0.3) is 10.8 Å². The molecule has 1 aliphatic carbocycles. The van der Waals surface area contributed by atoms with Crippen LogP contribution in [0.5, 0.6) is 0 Å². The van der Waals surface area contributed by atoms with Crippen molar-refractivity contribution in [2.24, 2.45) is 17.8 Å². The smallest absolute Gasteiger partial charge is 0.229 e. The molecule has 0 spiro atoms. The van der Waals surface area contributed by atoms with Crippen molar-refractivity contribution < 1.29 is 19.4 Å². The van der Waals surface area contributed by atoms with E-state index in [0.717, 1.165) is 60.3 Å². The summed E-state index contributed by atoms with van der Waals surface area (Å²) in [6.07, 6.45) is 4.28. The van der Waals surface area contributed by atoms with Crippen molar-refractivity contribution in [3.8, 4) is 0 Å². The Morgan fingerprint density at radius 3 is 2.68 bits per heavy atom. The van der Waals surface area contributed by atoms with Crippen molar-refractivity contribution in [3.63, 3.8) is 0 Å². The topological polar surface area (TPSA) is 83.9 Å². The molecule has 4 fully saturated rings. The number of benzene rings is 1.